The largest absolute Gasteiger partial charge is 0.346 e. The number of likely N-dealkylation sites (tertiary alicyclic amines) is 1. The molecule has 0 unspecified atom stereocenters. The fourth-order valence-corrected chi connectivity index (χ4v) is 5.33. The zero-order chi connectivity index (χ0) is 19.1. The van der Waals surface area contributed by atoms with Crippen LogP contribution in [0.3, 0.4) is 0 Å². The zero-order valence-electron chi connectivity index (χ0n) is 15.5. The van der Waals surface area contributed by atoms with E-state index in [9.17, 15) is 17.6 Å². The summed E-state index contributed by atoms with van der Waals surface area (Å²) in [5.41, 5.74) is 0.0544. The van der Waals surface area contributed by atoms with Crippen LogP contribution in [-0.2, 0) is 14.8 Å². The minimum absolute atomic E-state index is 0.0119. The van der Waals surface area contributed by atoms with Gasteiger partial charge >= 0.3 is 0 Å². The summed E-state index contributed by atoms with van der Waals surface area (Å²) in [6.45, 7) is 3.49. The van der Waals surface area contributed by atoms with Crippen molar-refractivity contribution in [2.24, 2.45) is 0 Å². The van der Waals surface area contributed by atoms with E-state index in [4.69, 9.17) is 0 Å². The van der Waals surface area contributed by atoms with E-state index in [1.54, 1.807) is 18.9 Å². The number of carbonyl (C=O) groups is 1. The number of amides is 1. The highest BCUT2D eigenvalue weighted by Gasteiger charge is 2.45. The molecule has 1 atom stereocenters. The van der Waals surface area contributed by atoms with Crippen LogP contribution >= 0.6 is 0 Å². The van der Waals surface area contributed by atoms with E-state index >= 15 is 0 Å². The van der Waals surface area contributed by atoms with Gasteiger partial charge in [0.05, 0.1) is 4.90 Å². The molecule has 2 aliphatic heterocycles. The van der Waals surface area contributed by atoms with Crippen molar-refractivity contribution in [3.63, 3.8) is 0 Å². The number of halogens is 1. The van der Waals surface area contributed by atoms with Gasteiger partial charge in [0, 0.05) is 45.2 Å². The summed E-state index contributed by atoms with van der Waals surface area (Å²) in [6.07, 6.45) is 1.76. The molecule has 144 valence electrons. The van der Waals surface area contributed by atoms with Crippen LogP contribution in [0.2, 0.25) is 0 Å². The lowest BCUT2D eigenvalue weighted by Gasteiger charge is -2.48. The molecule has 2 saturated heterocycles. The summed E-state index contributed by atoms with van der Waals surface area (Å²) in [7, 11) is 0.00596. The fourth-order valence-electron chi connectivity index (χ4n) is 3.81. The lowest BCUT2D eigenvalue weighted by atomic mass is 9.87. The van der Waals surface area contributed by atoms with Gasteiger partial charge in [0.2, 0.25) is 15.9 Å². The van der Waals surface area contributed by atoms with Gasteiger partial charge in [-0.15, -0.1) is 0 Å². The van der Waals surface area contributed by atoms with Gasteiger partial charge in [-0.2, -0.15) is 4.31 Å². The second kappa shape index (κ2) is 6.90. The normalized spacial score (nSPS) is 26.3. The highest BCUT2D eigenvalue weighted by molar-refractivity contribution is 7.89. The number of hydrogen-bond acceptors (Lipinski definition) is 4. The van der Waals surface area contributed by atoms with Crippen LogP contribution in [-0.4, -0.2) is 74.2 Å². The second-order valence-corrected chi connectivity index (χ2v) is 9.40. The van der Waals surface area contributed by atoms with Crippen molar-refractivity contribution in [3.8, 4) is 0 Å². The summed E-state index contributed by atoms with van der Waals surface area (Å²) in [5.74, 6) is -0.424. The van der Waals surface area contributed by atoms with Crippen LogP contribution in [0.4, 0.5) is 4.39 Å². The maximum Gasteiger partial charge on any atom is 0.243 e. The predicted octanol–water partition coefficient (Wildman–Crippen LogP) is 1.45. The Labute approximate surface area is 154 Å². The number of piperazine rings is 1. The monoisotopic (exact) mass is 383 g/mol. The average molecular weight is 383 g/mol. The minimum Gasteiger partial charge on any atom is -0.346 e. The molecule has 0 radical (unpaired) electrons. The van der Waals surface area contributed by atoms with Gasteiger partial charge in [-0.25, -0.2) is 12.8 Å². The summed E-state index contributed by atoms with van der Waals surface area (Å²) in [5, 5.41) is 0. The summed E-state index contributed by atoms with van der Waals surface area (Å²) in [4.78, 5) is 15.9. The first-order chi connectivity index (χ1) is 12.2. The topological polar surface area (TPSA) is 60.9 Å². The first-order valence-corrected chi connectivity index (χ1v) is 10.3. The van der Waals surface area contributed by atoms with Gasteiger partial charge in [-0.05, 0) is 44.5 Å². The van der Waals surface area contributed by atoms with Gasteiger partial charge in [0.15, 0.2) is 0 Å². The molecule has 1 aromatic carbocycles. The molecular weight excluding hydrogens is 357 g/mol. The molecular formula is C18H26FN3O3S. The molecule has 0 aromatic heterocycles. The molecule has 6 nitrogen and oxygen atoms in total. The van der Waals surface area contributed by atoms with Crippen molar-refractivity contribution in [3.05, 3.63) is 29.6 Å². The third-order valence-electron chi connectivity index (χ3n) is 5.89. The molecule has 0 bridgehead atoms. The molecule has 0 aliphatic carbocycles. The first kappa shape index (κ1) is 19.3. The maximum atomic E-state index is 13.9. The molecule has 1 amide bonds. The van der Waals surface area contributed by atoms with E-state index in [1.165, 1.54) is 16.4 Å². The number of likely N-dealkylation sites (N-methyl/N-ethyl adjacent to an activating group) is 1. The lowest BCUT2D eigenvalue weighted by Crippen LogP contribution is -2.62. The lowest BCUT2D eigenvalue weighted by molar-refractivity contribution is -0.129. The van der Waals surface area contributed by atoms with E-state index in [0.717, 1.165) is 12.5 Å². The number of carbonyl (C=O) groups excluding carboxylic acids is 1. The third-order valence-corrected chi connectivity index (χ3v) is 7.73. The Morgan fingerprint density at radius 1 is 1.12 bits per heavy atom. The number of hydrogen-bond donors (Lipinski definition) is 0. The Kier molecular flexibility index (Phi) is 5.11. The Morgan fingerprint density at radius 2 is 1.85 bits per heavy atom. The molecule has 2 heterocycles. The van der Waals surface area contributed by atoms with Crippen molar-refractivity contribution in [1.82, 2.24) is 14.1 Å². The van der Waals surface area contributed by atoms with Crippen LogP contribution < -0.4 is 0 Å². The first-order valence-electron chi connectivity index (χ1n) is 8.87. The molecule has 1 aromatic rings. The number of nitrogens with zero attached hydrogens (tertiary/aromatic N) is 3. The summed E-state index contributed by atoms with van der Waals surface area (Å²) in [6, 6.07) is 4.05. The van der Waals surface area contributed by atoms with Gasteiger partial charge in [-0.3, -0.25) is 9.69 Å². The second-order valence-electron chi connectivity index (χ2n) is 7.46. The SMILES string of the molecule is Cc1ccc(S(=O)(=O)N2CCN(C)[C@]3(CCC(=O)N(C)CC3)C2)cc1F. The third kappa shape index (κ3) is 3.37. The maximum absolute atomic E-state index is 13.9. The zero-order valence-corrected chi connectivity index (χ0v) is 16.4. The Hall–Kier alpha value is -1.51. The highest BCUT2D eigenvalue weighted by atomic mass is 32.2. The Morgan fingerprint density at radius 3 is 2.54 bits per heavy atom. The smallest absolute Gasteiger partial charge is 0.243 e. The van der Waals surface area contributed by atoms with Crippen molar-refractivity contribution in [1.29, 1.82) is 0 Å². The highest BCUT2D eigenvalue weighted by Crippen LogP contribution is 2.34. The predicted molar refractivity (Wildman–Crippen MR) is 96.7 cm³/mol. The number of benzene rings is 1. The number of sulfonamides is 1. The van der Waals surface area contributed by atoms with Gasteiger partial charge in [0.1, 0.15) is 5.82 Å². The molecule has 2 aliphatic rings. The molecule has 0 saturated carbocycles. The molecule has 1 spiro atoms. The minimum atomic E-state index is -3.77. The van der Waals surface area contributed by atoms with E-state index in [2.05, 4.69) is 4.90 Å². The van der Waals surface area contributed by atoms with Crippen molar-refractivity contribution in [2.45, 2.75) is 36.6 Å². The summed E-state index contributed by atoms with van der Waals surface area (Å²) >= 11 is 0. The van der Waals surface area contributed by atoms with E-state index in [1.807, 2.05) is 7.05 Å². The van der Waals surface area contributed by atoms with Crippen LogP contribution in [0.1, 0.15) is 24.8 Å². The van der Waals surface area contributed by atoms with Crippen molar-refractivity contribution in [2.75, 3.05) is 40.3 Å². The van der Waals surface area contributed by atoms with Gasteiger partial charge < -0.3 is 4.90 Å². The fraction of sp³-hybridized carbons (Fsp3) is 0.611. The molecule has 2 fully saturated rings. The molecule has 3 rings (SSSR count). The average Bonchev–Trinajstić information content (AvgIpc) is 2.74. The van der Waals surface area contributed by atoms with Crippen LogP contribution in [0.25, 0.3) is 0 Å². The standard InChI is InChI=1S/C18H26FN3O3S/c1-14-4-5-15(12-16(14)19)26(24,25)22-11-10-21(3)18(13-22)7-6-17(23)20(2)9-8-18/h4-5,12H,6-11,13H2,1-3H3/t18-/m0/s1. The van der Waals surface area contributed by atoms with Crippen LogP contribution in [0, 0.1) is 12.7 Å². The Balaban J connectivity index is 1.89. The molecule has 26 heavy (non-hydrogen) atoms. The number of aryl methyl sites for hydroxylation is 1. The molecule has 0 N–H and O–H groups in total. The van der Waals surface area contributed by atoms with Crippen LogP contribution in [0.15, 0.2) is 23.1 Å². The summed E-state index contributed by atoms with van der Waals surface area (Å²) < 4.78 is 41.5. The Bertz CT molecular complexity index is 814. The van der Waals surface area contributed by atoms with E-state index in [0.29, 0.717) is 44.6 Å². The van der Waals surface area contributed by atoms with E-state index < -0.39 is 15.8 Å². The van der Waals surface area contributed by atoms with E-state index in [-0.39, 0.29) is 16.3 Å². The quantitative estimate of drug-likeness (QED) is 0.776. The van der Waals surface area contributed by atoms with Gasteiger partial charge in [-0.1, -0.05) is 6.07 Å². The van der Waals surface area contributed by atoms with Crippen molar-refractivity contribution < 1.29 is 17.6 Å². The van der Waals surface area contributed by atoms with Gasteiger partial charge in [0.25, 0.3) is 0 Å². The number of rotatable bonds is 2. The van der Waals surface area contributed by atoms with Crippen molar-refractivity contribution >= 4 is 15.9 Å². The van der Waals surface area contributed by atoms with Crippen LogP contribution in [0.5, 0.6) is 0 Å². The molecule has 8 heteroatoms.